The van der Waals surface area contributed by atoms with Crippen LogP contribution in [0.1, 0.15) is 28.8 Å². The summed E-state index contributed by atoms with van der Waals surface area (Å²) in [7, 11) is 0. The van der Waals surface area contributed by atoms with Gasteiger partial charge in [0.05, 0.1) is 15.6 Å². The van der Waals surface area contributed by atoms with Crippen molar-refractivity contribution in [2.45, 2.75) is 12.8 Å². The van der Waals surface area contributed by atoms with Crippen LogP contribution in [-0.2, 0) is 4.79 Å². The van der Waals surface area contributed by atoms with Gasteiger partial charge >= 0.3 is 0 Å². The van der Waals surface area contributed by atoms with Gasteiger partial charge in [0.2, 0.25) is 5.91 Å². The number of hydrogen-bond acceptors (Lipinski definition) is 3. The van der Waals surface area contributed by atoms with E-state index in [9.17, 15) is 9.59 Å². The number of nitrogens with one attached hydrogen (secondary N) is 2. The molecule has 1 aromatic heterocycles. The van der Waals surface area contributed by atoms with Crippen LogP contribution in [-0.4, -0.2) is 16.8 Å². The number of rotatable bonds is 4. The van der Waals surface area contributed by atoms with Gasteiger partial charge in [0.25, 0.3) is 5.91 Å². The first-order valence-electron chi connectivity index (χ1n) is 7.52. The fraction of sp³-hybridized carbons (Fsp3) is 0.167. The van der Waals surface area contributed by atoms with Crippen LogP contribution in [0.4, 0.5) is 11.5 Å². The second-order valence-electron chi connectivity index (χ2n) is 5.61. The van der Waals surface area contributed by atoms with Gasteiger partial charge in [0, 0.05) is 29.4 Å². The van der Waals surface area contributed by atoms with E-state index in [0.717, 1.165) is 12.8 Å². The Morgan fingerprint density at radius 3 is 2.44 bits per heavy atom. The lowest BCUT2D eigenvalue weighted by Crippen LogP contribution is -2.16. The Morgan fingerprint density at radius 2 is 1.84 bits per heavy atom. The highest BCUT2D eigenvalue weighted by atomic mass is 35.5. The zero-order valence-corrected chi connectivity index (χ0v) is 14.5. The molecule has 0 bridgehead atoms. The van der Waals surface area contributed by atoms with E-state index in [2.05, 4.69) is 21.5 Å². The van der Waals surface area contributed by atoms with Crippen LogP contribution in [0.5, 0.6) is 0 Å². The molecule has 1 heterocycles. The maximum Gasteiger partial charge on any atom is 0.258 e. The van der Waals surface area contributed by atoms with Gasteiger partial charge < -0.3 is 10.6 Å². The fourth-order valence-corrected chi connectivity index (χ4v) is 2.88. The van der Waals surface area contributed by atoms with Gasteiger partial charge in [-0.2, -0.15) is 0 Å². The highest BCUT2D eigenvalue weighted by molar-refractivity contribution is 6.40. The number of carbonyl (C=O) groups excluding carboxylic acids is 2. The van der Waals surface area contributed by atoms with Crippen molar-refractivity contribution < 1.29 is 9.59 Å². The molecule has 1 aliphatic rings. The second kappa shape index (κ2) is 7.14. The number of nitrogens with zero attached hydrogens (tertiary/aromatic N) is 1. The van der Waals surface area contributed by atoms with E-state index in [0.29, 0.717) is 17.1 Å². The average Bonchev–Trinajstić information content (AvgIpc) is 3.39. The van der Waals surface area contributed by atoms with Crippen LogP contribution in [0.3, 0.4) is 0 Å². The molecule has 126 valence electrons. The molecule has 1 fully saturated rings. The van der Waals surface area contributed by atoms with Crippen LogP contribution >= 0.6 is 23.2 Å². The third kappa shape index (κ3) is 4.11. The van der Waals surface area contributed by atoms with Gasteiger partial charge in [0.15, 0.2) is 0 Å². The predicted octanol–water partition coefficient (Wildman–Crippen LogP) is 3.97. The first-order valence-corrected chi connectivity index (χ1v) is 8.27. The Balaban J connectivity index is 1.77. The molecule has 0 aliphatic heterocycles. The van der Waals surface area contributed by atoms with Crippen molar-refractivity contribution in [1.82, 2.24) is 4.98 Å². The van der Waals surface area contributed by atoms with Gasteiger partial charge in [-0.15, -0.1) is 6.42 Å². The summed E-state index contributed by atoms with van der Waals surface area (Å²) in [6.45, 7) is 0. The quantitative estimate of drug-likeness (QED) is 0.796. The first-order chi connectivity index (χ1) is 12.0. The lowest BCUT2D eigenvalue weighted by molar-refractivity contribution is -0.117. The predicted molar refractivity (Wildman–Crippen MR) is 97.9 cm³/mol. The maximum absolute atomic E-state index is 12.5. The summed E-state index contributed by atoms with van der Waals surface area (Å²) >= 11 is 12.2. The Kier molecular flexibility index (Phi) is 4.93. The fourth-order valence-electron chi connectivity index (χ4n) is 2.22. The Labute approximate surface area is 154 Å². The molecule has 1 aliphatic carbocycles. The van der Waals surface area contributed by atoms with E-state index in [1.807, 2.05) is 0 Å². The van der Waals surface area contributed by atoms with Crippen molar-refractivity contribution >= 4 is 46.5 Å². The summed E-state index contributed by atoms with van der Waals surface area (Å²) < 4.78 is 0. The summed E-state index contributed by atoms with van der Waals surface area (Å²) in [6, 6.07) is 6.16. The Morgan fingerprint density at radius 1 is 1.16 bits per heavy atom. The van der Waals surface area contributed by atoms with Crippen LogP contribution in [0, 0.1) is 18.3 Å². The summed E-state index contributed by atoms with van der Waals surface area (Å²) in [5, 5.41) is 5.73. The van der Waals surface area contributed by atoms with Gasteiger partial charge in [-0.25, -0.2) is 4.98 Å². The molecular formula is C18H13Cl2N3O2. The van der Waals surface area contributed by atoms with Crippen molar-refractivity contribution in [3.05, 3.63) is 51.6 Å². The van der Waals surface area contributed by atoms with Crippen LogP contribution in [0.25, 0.3) is 0 Å². The lowest BCUT2D eigenvalue weighted by Gasteiger charge is -2.10. The van der Waals surface area contributed by atoms with Crippen molar-refractivity contribution in [2.75, 3.05) is 10.6 Å². The number of anilines is 2. The van der Waals surface area contributed by atoms with Crippen LogP contribution < -0.4 is 10.6 Å². The minimum absolute atomic E-state index is 0.0623. The number of amides is 2. The van der Waals surface area contributed by atoms with E-state index < -0.39 is 5.91 Å². The van der Waals surface area contributed by atoms with Crippen molar-refractivity contribution in [3.63, 3.8) is 0 Å². The third-order valence-corrected chi connectivity index (χ3v) is 4.25. The first kappa shape index (κ1) is 17.3. The Hall–Kier alpha value is -2.55. The SMILES string of the molecule is C#Cc1cc(Cl)c(C(=O)Nc2ccnc(NC(=O)C3CC3)c2)c(Cl)c1. The highest BCUT2D eigenvalue weighted by Gasteiger charge is 2.29. The molecule has 2 amide bonds. The van der Waals surface area contributed by atoms with E-state index in [4.69, 9.17) is 29.6 Å². The molecule has 7 heteroatoms. The molecule has 0 radical (unpaired) electrons. The Bertz CT molecular complexity index is 878. The molecule has 0 spiro atoms. The van der Waals surface area contributed by atoms with Gasteiger partial charge in [-0.3, -0.25) is 9.59 Å². The van der Waals surface area contributed by atoms with Crippen molar-refractivity contribution in [1.29, 1.82) is 0 Å². The largest absolute Gasteiger partial charge is 0.322 e. The van der Waals surface area contributed by atoms with Crippen LogP contribution in [0.2, 0.25) is 10.0 Å². The summed E-state index contributed by atoms with van der Waals surface area (Å²) in [6.07, 6.45) is 8.59. The summed E-state index contributed by atoms with van der Waals surface area (Å²) in [4.78, 5) is 28.3. The zero-order chi connectivity index (χ0) is 18.0. The van der Waals surface area contributed by atoms with Crippen LogP contribution in [0.15, 0.2) is 30.5 Å². The van der Waals surface area contributed by atoms with Gasteiger partial charge in [-0.1, -0.05) is 29.1 Å². The van der Waals surface area contributed by atoms with Gasteiger partial charge in [0.1, 0.15) is 5.82 Å². The number of halogens is 2. The molecule has 2 aromatic rings. The maximum atomic E-state index is 12.5. The lowest BCUT2D eigenvalue weighted by atomic mass is 10.1. The molecular weight excluding hydrogens is 361 g/mol. The highest BCUT2D eigenvalue weighted by Crippen LogP contribution is 2.30. The monoisotopic (exact) mass is 373 g/mol. The minimum Gasteiger partial charge on any atom is -0.322 e. The molecule has 0 atom stereocenters. The molecule has 2 N–H and O–H groups in total. The van der Waals surface area contributed by atoms with E-state index in [1.165, 1.54) is 18.3 Å². The van der Waals surface area contributed by atoms with Crippen molar-refractivity contribution in [2.24, 2.45) is 5.92 Å². The molecule has 3 rings (SSSR count). The smallest absolute Gasteiger partial charge is 0.258 e. The number of terminal acetylenes is 1. The normalized spacial score (nSPS) is 13.0. The topological polar surface area (TPSA) is 71.1 Å². The number of pyridine rings is 1. The minimum atomic E-state index is -0.482. The number of benzene rings is 1. The molecule has 1 saturated carbocycles. The standard InChI is InChI=1S/C18H13Cl2N3O2/c1-2-10-7-13(19)16(14(20)8-10)18(25)22-12-5-6-21-15(9-12)23-17(24)11-3-4-11/h1,5-9,11H,3-4H2,(H2,21,22,23,24,25). The van der Waals surface area contributed by atoms with Gasteiger partial charge in [-0.05, 0) is 31.0 Å². The van der Waals surface area contributed by atoms with E-state index in [1.54, 1.807) is 12.1 Å². The molecule has 0 unspecified atom stereocenters. The van der Waals surface area contributed by atoms with E-state index in [-0.39, 0.29) is 27.4 Å². The third-order valence-electron chi connectivity index (χ3n) is 3.65. The zero-order valence-electron chi connectivity index (χ0n) is 13.0. The number of hydrogen-bond donors (Lipinski definition) is 2. The molecule has 5 nitrogen and oxygen atoms in total. The summed E-state index contributed by atoms with van der Waals surface area (Å²) in [5.74, 6) is 2.30. The van der Waals surface area contributed by atoms with Crippen molar-refractivity contribution in [3.8, 4) is 12.3 Å². The molecule has 0 saturated heterocycles. The van der Waals surface area contributed by atoms with E-state index >= 15 is 0 Å². The number of aromatic nitrogens is 1. The average molecular weight is 374 g/mol. The molecule has 25 heavy (non-hydrogen) atoms. The number of carbonyl (C=O) groups is 2. The molecule has 1 aromatic carbocycles. The second-order valence-corrected chi connectivity index (χ2v) is 6.42. The summed E-state index contributed by atoms with van der Waals surface area (Å²) in [5.41, 5.74) is 1.07.